The summed E-state index contributed by atoms with van der Waals surface area (Å²) < 4.78 is 17.1. The quantitative estimate of drug-likeness (QED) is 0.0128. The smallest absolute Gasteiger partial charge is 0.414 e. The molecule has 0 saturated heterocycles. The number of hydrogen-bond acceptors (Lipinski definition) is 15. The Hall–Kier alpha value is -8.55. The number of primary amides is 2. The van der Waals surface area contributed by atoms with E-state index in [0.717, 1.165) is 24.0 Å². The normalized spacial score (nSPS) is 11.4. The number of carbonyl (C=O) groups is 8. The largest absolute Gasteiger partial charge is 0.481 e. The molecule has 0 unspecified atom stereocenters. The molecule has 0 aliphatic heterocycles. The topological polar surface area (TPSA) is 418 Å². The van der Waals surface area contributed by atoms with Crippen molar-refractivity contribution in [1.82, 2.24) is 25.8 Å². The molecule has 2 atom stereocenters. The van der Waals surface area contributed by atoms with Crippen molar-refractivity contribution in [3.63, 3.8) is 0 Å². The summed E-state index contributed by atoms with van der Waals surface area (Å²) in [4.78, 5) is 105. The maximum Gasteiger partial charge on any atom is 0.414 e. The molecule has 17 N–H and O–H groups in total. The van der Waals surface area contributed by atoms with Crippen LogP contribution in [0.1, 0.15) is 139 Å². The molecule has 4 rings (SSSR count). The molecule has 0 fully saturated rings. The summed E-state index contributed by atoms with van der Waals surface area (Å²) in [6.45, 7) is 16.2. The van der Waals surface area contributed by atoms with E-state index in [9.17, 15) is 38.4 Å². The van der Waals surface area contributed by atoms with E-state index < -0.39 is 65.1 Å². The van der Waals surface area contributed by atoms with Crippen molar-refractivity contribution in [3.05, 3.63) is 108 Å². The lowest BCUT2D eigenvalue weighted by Gasteiger charge is -2.22. The number of aliphatic imine (C=N–C) groups is 2. The molecule has 4 aromatic rings. The Morgan fingerprint density at radius 2 is 1.17 bits per heavy atom. The zero-order chi connectivity index (χ0) is 62.3. The highest BCUT2D eigenvalue weighted by atomic mass is 35.5. The molecule has 84 heavy (non-hydrogen) atoms. The molecule has 3 aromatic carbocycles. The number of esters is 1. The van der Waals surface area contributed by atoms with Gasteiger partial charge in [0.2, 0.25) is 17.8 Å². The second-order valence-electron chi connectivity index (χ2n) is 20.9. The third-order valence-electron chi connectivity index (χ3n) is 11.1. The molecule has 26 heteroatoms. The Kier molecular flexibility index (Phi) is 32.8. The summed E-state index contributed by atoms with van der Waals surface area (Å²) in [7, 11) is 0. The van der Waals surface area contributed by atoms with E-state index in [1.54, 1.807) is 41.5 Å². The molecule has 0 radical (unpaired) electrons. The number of aliphatic carboxylic acids is 1. The van der Waals surface area contributed by atoms with Gasteiger partial charge in [0.15, 0.2) is 5.96 Å². The average Bonchev–Trinajstić information content (AvgIpc) is 4.02. The van der Waals surface area contributed by atoms with Crippen molar-refractivity contribution in [3.8, 4) is 22.4 Å². The number of guanidine groups is 2. The van der Waals surface area contributed by atoms with E-state index in [1.807, 2.05) is 109 Å². The number of halogens is 1. The van der Waals surface area contributed by atoms with Gasteiger partial charge in [-0.15, -0.1) is 12.4 Å². The number of carbonyl (C=O) groups excluding carboxylic acids is 7. The van der Waals surface area contributed by atoms with Gasteiger partial charge in [-0.25, -0.2) is 9.59 Å². The van der Waals surface area contributed by atoms with Crippen molar-refractivity contribution in [2.45, 2.75) is 143 Å². The number of benzene rings is 3. The van der Waals surface area contributed by atoms with Crippen molar-refractivity contribution in [2.24, 2.45) is 44.4 Å². The zero-order valence-electron chi connectivity index (χ0n) is 49.2. The van der Waals surface area contributed by atoms with Crippen LogP contribution in [-0.4, -0.2) is 119 Å². The second kappa shape index (κ2) is 37.5. The number of nitrogens with zero attached hydrogens (tertiary/aromatic N) is 3. The number of alkyl carbamates (subject to hydrolysis) is 2. The van der Waals surface area contributed by atoms with Gasteiger partial charge in [-0.3, -0.25) is 49.4 Å². The maximum atomic E-state index is 14.1. The summed E-state index contributed by atoms with van der Waals surface area (Å²) >= 11 is 0. The molecule has 1 heterocycles. The number of aromatic nitrogens is 1. The predicted molar refractivity (Wildman–Crippen MR) is 324 cm³/mol. The lowest BCUT2D eigenvalue weighted by molar-refractivity contribution is -0.145. The summed E-state index contributed by atoms with van der Waals surface area (Å²) in [5.74, 6) is -4.23. The van der Waals surface area contributed by atoms with Gasteiger partial charge in [0.1, 0.15) is 29.5 Å². The van der Waals surface area contributed by atoms with Crippen LogP contribution in [-0.2, 0) is 40.0 Å². The Morgan fingerprint density at radius 1 is 0.655 bits per heavy atom. The SMILES string of the molecule is CC(C)(C)OC(=O)NC(=NCCCCN)NC(=O)OC(C)(C)C.CC(C)n1c(C(=O)NCCCCN=C(N)N)c(C(=O)N[C@@H](CCC(=O)O)C(N)=O)c(-c2ccccc2)c1-c1ccccc1.Cl.NC(=O)[C@@H](N)CCC(=O)OCc1ccccc1. The first kappa shape index (κ1) is 73.5. The van der Waals surface area contributed by atoms with Gasteiger partial charge in [0.05, 0.1) is 17.3 Å². The fraction of sp³-hybridized carbons (Fsp3) is 0.448. The van der Waals surface area contributed by atoms with Crippen LogP contribution in [0.2, 0.25) is 0 Å². The summed E-state index contributed by atoms with van der Waals surface area (Å²) in [6.07, 6.45) is 1.08. The zero-order valence-corrected chi connectivity index (χ0v) is 50.1. The third-order valence-corrected chi connectivity index (χ3v) is 11.1. The van der Waals surface area contributed by atoms with Crippen LogP contribution in [0.3, 0.4) is 0 Å². The Morgan fingerprint density at radius 3 is 1.64 bits per heavy atom. The van der Waals surface area contributed by atoms with E-state index >= 15 is 0 Å². The minimum atomic E-state index is -1.26. The molecule has 1 aromatic heterocycles. The van der Waals surface area contributed by atoms with Crippen LogP contribution in [0.5, 0.6) is 0 Å². The number of nitrogens with one attached hydrogen (secondary N) is 4. The van der Waals surface area contributed by atoms with Gasteiger partial charge in [0, 0.05) is 44.1 Å². The van der Waals surface area contributed by atoms with Crippen LogP contribution in [0.15, 0.2) is 101 Å². The highest BCUT2D eigenvalue weighted by Crippen LogP contribution is 2.41. The van der Waals surface area contributed by atoms with Crippen molar-refractivity contribution < 1.29 is 57.7 Å². The Labute approximate surface area is 497 Å². The van der Waals surface area contributed by atoms with Crippen LogP contribution in [0, 0.1) is 0 Å². The van der Waals surface area contributed by atoms with Crippen molar-refractivity contribution in [1.29, 1.82) is 0 Å². The predicted octanol–water partition coefficient (Wildman–Crippen LogP) is 5.51. The molecule has 0 saturated carbocycles. The van der Waals surface area contributed by atoms with Gasteiger partial charge in [-0.1, -0.05) is 91.0 Å². The van der Waals surface area contributed by atoms with Crippen LogP contribution in [0.4, 0.5) is 9.59 Å². The third kappa shape index (κ3) is 28.9. The lowest BCUT2D eigenvalue weighted by Crippen LogP contribution is -2.47. The van der Waals surface area contributed by atoms with Gasteiger partial charge < -0.3 is 68.9 Å². The Balaban J connectivity index is 0.000000719. The fourth-order valence-corrected chi connectivity index (χ4v) is 7.41. The molecule has 0 bridgehead atoms. The van der Waals surface area contributed by atoms with Gasteiger partial charge in [-0.2, -0.15) is 0 Å². The number of nitrogens with two attached hydrogens (primary N) is 6. The van der Waals surface area contributed by atoms with Crippen LogP contribution < -0.4 is 55.7 Å². The molecular weight excluding hydrogens is 1110 g/mol. The van der Waals surface area contributed by atoms with Gasteiger partial charge >= 0.3 is 24.1 Å². The summed E-state index contributed by atoms with van der Waals surface area (Å²) in [5, 5.41) is 19.5. The number of ether oxygens (including phenoxy) is 3. The van der Waals surface area contributed by atoms with E-state index in [2.05, 4.69) is 31.3 Å². The second-order valence-corrected chi connectivity index (χ2v) is 20.9. The van der Waals surface area contributed by atoms with E-state index in [0.29, 0.717) is 55.8 Å². The van der Waals surface area contributed by atoms with E-state index in [-0.39, 0.29) is 79.9 Å². The number of hydrogen-bond donors (Lipinski definition) is 11. The average molecular weight is 1190 g/mol. The van der Waals surface area contributed by atoms with Crippen LogP contribution >= 0.6 is 12.4 Å². The molecule has 0 spiro atoms. The number of carboxylic acid groups (broad SMARTS) is 1. The molecule has 0 aliphatic carbocycles. The summed E-state index contributed by atoms with van der Waals surface area (Å²) in [6, 6.07) is 25.6. The molecule has 462 valence electrons. The van der Waals surface area contributed by atoms with Gasteiger partial charge in [0.25, 0.3) is 11.8 Å². The maximum absolute atomic E-state index is 14.1. The molecule has 25 nitrogen and oxygen atoms in total. The molecule has 6 amide bonds. The van der Waals surface area contributed by atoms with Crippen molar-refractivity contribution in [2.75, 3.05) is 26.2 Å². The number of unbranched alkanes of at least 4 members (excludes halogenated alkanes) is 2. The summed E-state index contributed by atoms with van der Waals surface area (Å²) in [5.41, 5.74) is 34.4. The van der Waals surface area contributed by atoms with Gasteiger partial charge in [-0.05, 0) is 117 Å². The first-order chi connectivity index (χ1) is 39.0. The number of amides is 6. The monoisotopic (exact) mass is 1190 g/mol. The van der Waals surface area contributed by atoms with Crippen LogP contribution in [0.25, 0.3) is 22.4 Å². The van der Waals surface area contributed by atoms with E-state index in [4.69, 9.17) is 53.7 Å². The van der Waals surface area contributed by atoms with Crippen molar-refractivity contribution >= 4 is 72.1 Å². The first-order valence-electron chi connectivity index (χ1n) is 27.1. The first-order valence-corrected chi connectivity index (χ1v) is 27.1. The number of carboxylic acids is 1. The number of rotatable bonds is 25. The fourth-order valence-electron chi connectivity index (χ4n) is 7.41. The minimum Gasteiger partial charge on any atom is -0.481 e. The van der Waals surface area contributed by atoms with E-state index in [1.165, 1.54) is 0 Å². The minimum absolute atomic E-state index is 0. The molecule has 0 aliphatic rings. The highest BCUT2D eigenvalue weighted by molar-refractivity contribution is 6.14. The highest BCUT2D eigenvalue weighted by Gasteiger charge is 2.35. The standard InChI is InChI=1S/C31H39N7O5.C15H30N4O4.C12H16N2O3.ClH/c1-19(2)38-26(21-13-7-4-8-14-21)24(20-11-5-3-6-12-20)25(29(42)37-22(28(32)41)15-16-23(39)40)27(38)30(43)35-17-9-10-18-36-31(33)34;1-14(2,3)22-12(20)18-11(17-10-8-7-9-16)19-13(21)23-15(4,5)6;13-10(12(14)16)6-7-11(15)17-8-9-4-2-1-3-5-9;/h3-8,11-14,19,22H,9-10,15-18H2,1-2H3,(H2,32,41)(H,35,43)(H,37,42)(H,39,40)(H4,33,34,36);7-10,16H2,1-6H3,(H2,17,18,19,20,21);1-5,10H,6-8,13H2,(H2,14,16);1H/t22-;;10-;/m0.0./s1. The Bertz CT molecular complexity index is 2770. The molecular formula is C58H86ClN13O12. The lowest BCUT2D eigenvalue weighted by atomic mass is 9.96.